The number of rotatable bonds is 4. The summed E-state index contributed by atoms with van der Waals surface area (Å²) in [5.74, 6) is -1.73. The van der Waals surface area contributed by atoms with E-state index in [4.69, 9.17) is 0 Å². The molecule has 4 aromatic rings. The van der Waals surface area contributed by atoms with E-state index >= 15 is 0 Å². The van der Waals surface area contributed by atoms with Gasteiger partial charge in [-0.1, -0.05) is 24.3 Å². The maximum atomic E-state index is 13.7. The van der Waals surface area contributed by atoms with Gasteiger partial charge in [0.05, 0.1) is 22.3 Å². The summed E-state index contributed by atoms with van der Waals surface area (Å²) >= 11 is 0. The average Bonchev–Trinajstić information content (AvgIpc) is 3.75. The van der Waals surface area contributed by atoms with Crippen molar-refractivity contribution in [2.24, 2.45) is 20.0 Å². The van der Waals surface area contributed by atoms with Gasteiger partial charge in [-0.15, -0.1) is 0 Å². The second-order valence-corrected chi connectivity index (χ2v) is 12.0. The molecule has 7 rings (SSSR count). The maximum absolute atomic E-state index is 13.7. The van der Waals surface area contributed by atoms with Crippen molar-refractivity contribution in [3.8, 4) is 0 Å². The average molecular weight is 793 g/mol. The van der Waals surface area contributed by atoms with Crippen molar-refractivity contribution in [1.29, 1.82) is 0 Å². The van der Waals surface area contributed by atoms with Crippen molar-refractivity contribution in [2.45, 2.75) is 24.7 Å². The zero-order valence-electron chi connectivity index (χ0n) is 27.6. The summed E-state index contributed by atoms with van der Waals surface area (Å²) in [6.07, 6.45) is -16.5. The Hall–Kier alpha value is -6.60. The van der Waals surface area contributed by atoms with Crippen molar-refractivity contribution < 1.29 is 52.7 Å². The van der Waals surface area contributed by atoms with E-state index in [1.807, 2.05) is 0 Å². The minimum Gasteiger partial charge on any atom is -0.337 e. The number of nitrogens with zero attached hydrogens (tertiary/aromatic N) is 6. The predicted molar refractivity (Wildman–Crippen MR) is 184 cm³/mol. The highest BCUT2D eigenvalue weighted by atomic mass is 19.4. The summed E-state index contributed by atoms with van der Waals surface area (Å²) < 4.78 is 163. The Morgan fingerprint density at radius 3 is 1.07 bits per heavy atom. The number of aliphatic imine (C=N–C) groups is 4. The summed E-state index contributed by atoms with van der Waals surface area (Å²) in [6.45, 7) is 0. The highest BCUT2D eigenvalue weighted by molar-refractivity contribution is 6.53. The Kier molecular flexibility index (Phi) is 9.16. The Balaban J connectivity index is 1.36. The Bertz CT molecular complexity index is 2240. The van der Waals surface area contributed by atoms with Crippen LogP contribution in [0.4, 0.5) is 75.4 Å². The lowest BCUT2D eigenvalue weighted by molar-refractivity contribution is -0.138. The quantitative estimate of drug-likeness (QED) is 0.202. The van der Waals surface area contributed by atoms with Crippen LogP contribution in [0.5, 0.6) is 0 Å². The second kappa shape index (κ2) is 13.6. The summed E-state index contributed by atoms with van der Waals surface area (Å²) in [7, 11) is 0. The molecule has 0 radical (unpaired) electrons. The summed E-state index contributed by atoms with van der Waals surface area (Å²) in [5, 5.41) is 5.30. The maximum Gasteiger partial charge on any atom is 0.416 e. The number of fused-ring (bicyclic) bond motifs is 1. The standard InChI is InChI=1S/C36H20F12N8/c37-33(38,39)19-5-1-9-23(15-19)49-27-28(50-24-10-2-6-20(16-24)34(40,41)42)52-29(51-27)30-53-31-32(54-30)56(26-12-4-8-22(18-26)36(46,47)48)14-13-55(31)25-11-3-7-21(17-25)35(43,44)45/h1-18H,(H,49,51)(H,50,52). The van der Waals surface area contributed by atoms with E-state index in [0.717, 1.165) is 72.8 Å². The van der Waals surface area contributed by atoms with E-state index in [1.165, 1.54) is 46.5 Å². The van der Waals surface area contributed by atoms with Crippen molar-refractivity contribution in [3.05, 3.63) is 143 Å². The van der Waals surface area contributed by atoms with Gasteiger partial charge in [-0.25, -0.2) is 20.0 Å². The number of hydrogen-bond donors (Lipinski definition) is 2. The van der Waals surface area contributed by atoms with E-state index in [0.29, 0.717) is 0 Å². The number of alkyl halides is 12. The van der Waals surface area contributed by atoms with Gasteiger partial charge in [0.2, 0.25) is 11.6 Å². The third-order valence-corrected chi connectivity index (χ3v) is 8.11. The molecule has 0 saturated heterocycles. The van der Waals surface area contributed by atoms with Gasteiger partial charge in [0.15, 0.2) is 23.3 Å². The fourth-order valence-corrected chi connectivity index (χ4v) is 5.54. The summed E-state index contributed by atoms with van der Waals surface area (Å²) in [4.78, 5) is 19.8. The van der Waals surface area contributed by atoms with Crippen LogP contribution >= 0.6 is 0 Å². The molecule has 0 spiro atoms. The van der Waals surface area contributed by atoms with Gasteiger partial charge in [-0.2, -0.15) is 52.7 Å². The van der Waals surface area contributed by atoms with Crippen molar-refractivity contribution in [1.82, 2.24) is 0 Å². The molecule has 0 bridgehead atoms. The normalized spacial score (nSPS) is 16.1. The minimum atomic E-state index is -4.75. The van der Waals surface area contributed by atoms with Crippen LogP contribution in [-0.2, 0) is 24.7 Å². The third kappa shape index (κ3) is 7.80. The zero-order valence-corrected chi connectivity index (χ0v) is 27.6. The highest BCUT2D eigenvalue weighted by Gasteiger charge is 2.38. The lowest BCUT2D eigenvalue weighted by atomic mass is 10.1. The van der Waals surface area contributed by atoms with E-state index in [1.54, 1.807) is 0 Å². The van der Waals surface area contributed by atoms with Crippen LogP contribution in [0.3, 0.4) is 0 Å². The molecule has 20 heteroatoms. The van der Waals surface area contributed by atoms with Gasteiger partial charge in [0.25, 0.3) is 0 Å². The molecule has 56 heavy (non-hydrogen) atoms. The first-order valence-electron chi connectivity index (χ1n) is 15.8. The van der Waals surface area contributed by atoms with Crippen LogP contribution in [0.15, 0.2) is 141 Å². The van der Waals surface area contributed by atoms with Gasteiger partial charge in [-0.3, -0.25) is 9.80 Å². The molecule has 0 aromatic heterocycles. The second-order valence-electron chi connectivity index (χ2n) is 12.0. The highest BCUT2D eigenvalue weighted by Crippen LogP contribution is 2.38. The fraction of sp³-hybridized carbons (Fsp3) is 0.111. The first-order valence-corrected chi connectivity index (χ1v) is 15.8. The molecular weight excluding hydrogens is 772 g/mol. The first kappa shape index (κ1) is 37.7. The third-order valence-electron chi connectivity index (χ3n) is 8.11. The van der Waals surface area contributed by atoms with Crippen LogP contribution < -0.4 is 20.4 Å². The van der Waals surface area contributed by atoms with Crippen LogP contribution in [0.25, 0.3) is 0 Å². The molecular formula is C36H20F12N8. The van der Waals surface area contributed by atoms with Gasteiger partial charge < -0.3 is 10.6 Å². The van der Waals surface area contributed by atoms with Crippen LogP contribution in [0, 0.1) is 0 Å². The van der Waals surface area contributed by atoms with Crippen molar-refractivity contribution in [2.75, 3.05) is 20.4 Å². The predicted octanol–water partition coefficient (Wildman–Crippen LogP) is 10.5. The van der Waals surface area contributed by atoms with Gasteiger partial charge in [-0.05, 0) is 72.8 Å². The first-order chi connectivity index (χ1) is 26.2. The molecule has 4 aromatic carbocycles. The lowest BCUT2D eigenvalue weighted by Crippen LogP contribution is -2.44. The Morgan fingerprint density at radius 1 is 0.393 bits per heavy atom. The number of amidine groups is 4. The molecule has 3 heterocycles. The topological polar surface area (TPSA) is 80.0 Å². The fourth-order valence-electron chi connectivity index (χ4n) is 5.54. The molecule has 0 saturated carbocycles. The van der Waals surface area contributed by atoms with Gasteiger partial charge >= 0.3 is 24.7 Å². The molecule has 3 aliphatic heterocycles. The molecule has 0 unspecified atom stereocenters. The Morgan fingerprint density at radius 2 is 0.714 bits per heavy atom. The monoisotopic (exact) mass is 792 g/mol. The zero-order chi connectivity index (χ0) is 40.2. The summed E-state index contributed by atoms with van der Waals surface area (Å²) in [6, 6.07) is 15.9. The molecule has 2 N–H and O–H groups in total. The molecule has 0 fully saturated rings. The molecule has 0 amide bonds. The van der Waals surface area contributed by atoms with Gasteiger partial charge in [0.1, 0.15) is 0 Å². The smallest absolute Gasteiger partial charge is 0.337 e. The largest absolute Gasteiger partial charge is 0.416 e. The minimum absolute atomic E-state index is 0.0744. The molecule has 8 nitrogen and oxygen atoms in total. The molecule has 0 aliphatic carbocycles. The van der Waals surface area contributed by atoms with Gasteiger partial charge in [0, 0.05) is 35.1 Å². The number of hydrogen-bond acceptors (Lipinski definition) is 8. The SMILES string of the molecule is FC(F)(F)c1cccc(NC2=NC(=C3N=C4C(=N3)N(c3cccc(C(F)(F)F)c3)C=CN4c3cccc(C(F)(F)F)c3)N=C2Nc2cccc(C(F)(F)F)c2)c1. The Labute approximate surface area is 307 Å². The van der Waals surface area contributed by atoms with Crippen LogP contribution in [-0.4, -0.2) is 23.3 Å². The van der Waals surface area contributed by atoms with E-state index in [9.17, 15) is 52.7 Å². The van der Waals surface area contributed by atoms with Crippen LogP contribution in [0.2, 0.25) is 0 Å². The number of benzene rings is 4. The van der Waals surface area contributed by atoms with Crippen LogP contribution in [0.1, 0.15) is 22.3 Å². The summed E-state index contributed by atoms with van der Waals surface area (Å²) in [5.41, 5.74) is -4.60. The van der Waals surface area contributed by atoms with Crippen molar-refractivity contribution in [3.63, 3.8) is 0 Å². The molecule has 3 aliphatic rings. The molecule has 288 valence electrons. The van der Waals surface area contributed by atoms with E-state index in [-0.39, 0.29) is 57.7 Å². The number of nitrogens with one attached hydrogen (secondary N) is 2. The van der Waals surface area contributed by atoms with Crippen molar-refractivity contribution >= 4 is 46.1 Å². The van der Waals surface area contributed by atoms with E-state index in [2.05, 4.69) is 30.6 Å². The van der Waals surface area contributed by atoms with E-state index < -0.39 is 47.0 Å². The number of halogens is 12. The lowest BCUT2D eigenvalue weighted by Gasteiger charge is -2.32. The molecule has 0 atom stereocenters. The number of anilines is 4.